The van der Waals surface area contributed by atoms with Crippen molar-refractivity contribution in [3.63, 3.8) is 0 Å². The Labute approximate surface area is 107 Å². The Morgan fingerprint density at radius 3 is 0.300 bits per heavy atom. The summed E-state index contributed by atoms with van der Waals surface area (Å²) in [5, 5.41) is 0. The second kappa shape index (κ2) is 314. The zero-order valence-electron chi connectivity index (χ0n) is 5.71. The van der Waals surface area contributed by atoms with E-state index in [0.717, 1.165) is 0 Å². The third-order valence-electron chi connectivity index (χ3n) is 0. The minimum Gasteiger partial charge on any atom is -1.00 e. The molecule has 0 atom stereocenters. The molecule has 0 aliphatic carbocycles. The summed E-state index contributed by atoms with van der Waals surface area (Å²) in [6.07, 6.45) is 0. The summed E-state index contributed by atoms with van der Waals surface area (Å²) in [7, 11) is 0. The van der Waals surface area contributed by atoms with Gasteiger partial charge >= 0.3 is 19.5 Å². The molecule has 0 aliphatic rings. The van der Waals surface area contributed by atoms with Crippen molar-refractivity contribution in [1.29, 1.82) is 0 Å². The fourth-order valence-corrected chi connectivity index (χ4v) is 0. The molecule has 0 spiro atoms. The van der Waals surface area contributed by atoms with Crippen LogP contribution in [0.2, 0.25) is 0 Å². The Morgan fingerprint density at radius 1 is 0.300 bits per heavy atom. The molecule has 18 N–H and O–H groups in total. The van der Waals surface area contributed by atoms with E-state index in [1.807, 2.05) is 0 Å². The van der Waals surface area contributed by atoms with Gasteiger partial charge in [-0.3, -0.25) is 0 Å². The molecule has 0 bridgehead atoms. The van der Waals surface area contributed by atoms with Crippen molar-refractivity contribution in [2.24, 2.45) is 0 Å². The first-order valence-electron chi connectivity index (χ1n) is 0. The van der Waals surface area contributed by atoms with Gasteiger partial charge in [-0.05, 0) is 0 Å². The van der Waals surface area contributed by atoms with Crippen molar-refractivity contribution in [3.05, 3.63) is 0 Å². The number of halogens is 3. The molecule has 0 rings (SSSR count). The van der Waals surface area contributed by atoms with Crippen LogP contribution in [0.25, 0.3) is 0 Å². The van der Waals surface area contributed by atoms with E-state index in [4.69, 9.17) is 0 Å². The summed E-state index contributed by atoms with van der Waals surface area (Å²) in [6, 6.07) is 0. The van der Waals surface area contributed by atoms with Gasteiger partial charge in [0, 0.05) is 0 Å². The van der Waals surface area contributed by atoms with Gasteiger partial charge in [-0.1, -0.05) is 0 Å². The maximum Gasteiger partial charge on any atom is 3.00 e. The second-order valence-electron chi connectivity index (χ2n) is 0. The molecule has 0 aliphatic heterocycles. The quantitative estimate of drug-likeness (QED) is 0.199. The van der Waals surface area contributed by atoms with E-state index in [2.05, 4.69) is 0 Å². The largest absolute Gasteiger partial charge is 3.00 e. The molecular formula is H18Br3N6Rh. The molecule has 0 aromatic heterocycles. The van der Waals surface area contributed by atoms with Crippen LogP contribution in [-0.2, 0) is 19.5 Å². The average Bonchev–Trinajstić information content (AvgIpc) is 0. The Balaban J connectivity index is 0. The zero-order valence-corrected chi connectivity index (χ0v) is 12.1. The molecule has 6 nitrogen and oxygen atoms in total. The SMILES string of the molecule is N.N.N.N.N.N.[Br-].[Br-].[Br-].[Rh+3]. The smallest absolute Gasteiger partial charge is 1.00 e. The number of hydrogen-bond acceptors (Lipinski definition) is 6. The normalized spacial score (nSPS) is 0. The summed E-state index contributed by atoms with van der Waals surface area (Å²) < 4.78 is 0. The van der Waals surface area contributed by atoms with Crippen LogP contribution in [0.3, 0.4) is 0 Å². The predicted molar refractivity (Wildman–Crippen MR) is 30.1 cm³/mol. The van der Waals surface area contributed by atoms with E-state index in [9.17, 15) is 0 Å². The second-order valence-corrected chi connectivity index (χ2v) is 0. The van der Waals surface area contributed by atoms with Crippen LogP contribution < -0.4 is 87.8 Å². The molecule has 0 unspecified atom stereocenters. The fourth-order valence-electron chi connectivity index (χ4n) is 0. The molecule has 0 amide bonds. The Kier molecular flexibility index (Phi) is 13100. The van der Waals surface area contributed by atoms with Gasteiger partial charge in [0.2, 0.25) is 0 Å². The van der Waals surface area contributed by atoms with E-state index < -0.39 is 0 Å². The van der Waals surface area contributed by atoms with E-state index >= 15 is 0 Å². The van der Waals surface area contributed by atoms with Gasteiger partial charge in [-0.25, -0.2) is 0 Å². The van der Waals surface area contributed by atoms with Crippen molar-refractivity contribution in [3.8, 4) is 0 Å². The van der Waals surface area contributed by atoms with Crippen molar-refractivity contribution < 1.29 is 70.4 Å². The maximum atomic E-state index is 0. The number of rotatable bonds is 0. The molecule has 0 fully saturated rings. The summed E-state index contributed by atoms with van der Waals surface area (Å²) in [5.41, 5.74) is 0. The molecule has 10 heavy (non-hydrogen) atoms. The van der Waals surface area contributed by atoms with Crippen LogP contribution in [0.1, 0.15) is 0 Å². The fraction of sp³-hybridized carbons (Fsp3) is 0. The average molecular weight is 445 g/mol. The third-order valence-corrected chi connectivity index (χ3v) is 0. The first kappa shape index (κ1) is 417. The Bertz CT molecular complexity index is 13.0. The van der Waals surface area contributed by atoms with Gasteiger partial charge in [0.15, 0.2) is 0 Å². The summed E-state index contributed by atoms with van der Waals surface area (Å²) in [6.45, 7) is 0. The molecule has 10 heteroatoms. The first-order valence-corrected chi connectivity index (χ1v) is 0. The Morgan fingerprint density at radius 2 is 0.300 bits per heavy atom. The van der Waals surface area contributed by atoms with Gasteiger partial charge in [0.05, 0.1) is 0 Å². The molecule has 0 radical (unpaired) electrons. The zero-order chi connectivity index (χ0) is 0. The van der Waals surface area contributed by atoms with Crippen molar-refractivity contribution in [2.75, 3.05) is 0 Å². The molecule has 0 aromatic rings. The predicted octanol–water partition coefficient (Wildman–Crippen LogP) is -8.02. The molecule has 78 valence electrons. The van der Waals surface area contributed by atoms with E-state index in [1.165, 1.54) is 0 Å². The maximum absolute atomic E-state index is 0. The van der Waals surface area contributed by atoms with E-state index in [-0.39, 0.29) is 107 Å². The van der Waals surface area contributed by atoms with Gasteiger partial charge in [0.1, 0.15) is 0 Å². The van der Waals surface area contributed by atoms with Crippen molar-refractivity contribution in [1.82, 2.24) is 36.9 Å². The monoisotopic (exact) mass is 442 g/mol. The first-order chi connectivity index (χ1) is 0. The topological polar surface area (TPSA) is 210 Å². The molecule has 0 heterocycles. The van der Waals surface area contributed by atoms with E-state index in [0.29, 0.717) is 0 Å². The van der Waals surface area contributed by atoms with Crippen LogP contribution in [0.4, 0.5) is 0 Å². The van der Waals surface area contributed by atoms with Crippen LogP contribution in [0.5, 0.6) is 0 Å². The van der Waals surface area contributed by atoms with Crippen LogP contribution in [-0.4, -0.2) is 0 Å². The van der Waals surface area contributed by atoms with Gasteiger partial charge in [-0.15, -0.1) is 0 Å². The Hall–Kier alpha value is 1.82. The minimum absolute atomic E-state index is 0. The molecule has 0 saturated heterocycles. The standard InChI is InChI=1S/3BrH.6H3N.Rh/h3*1H;6*1H3;/q;;;;;;;;;+3/p-3. The minimum atomic E-state index is 0. The van der Waals surface area contributed by atoms with Crippen molar-refractivity contribution in [2.45, 2.75) is 0 Å². The molecule has 0 saturated carbocycles. The van der Waals surface area contributed by atoms with Crippen LogP contribution in [0, 0.1) is 0 Å². The van der Waals surface area contributed by atoms with Gasteiger partial charge in [0.25, 0.3) is 0 Å². The van der Waals surface area contributed by atoms with Crippen LogP contribution in [0.15, 0.2) is 0 Å². The number of hydrogen-bond donors (Lipinski definition) is 6. The molecule has 0 aromatic carbocycles. The van der Waals surface area contributed by atoms with Crippen LogP contribution >= 0.6 is 0 Å². The summed E-state index contributed by atoms with van der Waals surface area (Å²) in [5.74, 6) is 0. The van der Waals surface area contributed by atoms with Gasteiger partial charge < -0.3 is 87.8 Å². The summed E-state index contributed by atoms with van der Waals surface area (Å²) >= 11 is 0. The van der Waals surface area contributed by atoms with E-state index in [1.54, 1.807) is 0 Å². The third kappa shape index (κ3) is 230. The summed E-state index contributed by atoms with van der Waals surface area (Å²) in [4.78, 5) is 0. The molecular weight excluding hydrogens is 427 g/mol. The van der Waals surface area contributed by atoms with Crippen molar-refractivity contribution >= 4 is 0 Å². The van der Waals surface area contributed by atoms with Gasteiger partial charge in [-0.2, -0.15) is 0 Å².